The number of nitrogens with zero attached hydrogens (tertiary/aromatic N) is 2. The first-order valence-electron chi connectivity index (χ1n) is 7.29. The van der Waals surface area contributed by atoms with Crippen molar-refractivity contribution >= 4 is 22.9 Å². The summed E-state index contributed by atoms with van der Waals surface area (Å²) in [5.41, 5.74) is 1.95. The molecule has 0 unspecified atom stereocenters. The summed E-state index contributed by atoms with van der Waals surface area (Å²) in [6, 6.07) is 7.90. The number of hydrogen-bond donors (Lipinski definition) is 2. The van der Waals surface area contributed by atoms with Gasteiger partial charge in [0, 0.05) is 26.1 Å². The van der Waals surface area contributed by atoms with Crippen molar-refractivity contribution in [3.63, 3.8) is 0 Å². The first-order chi connectivity index (χ1) is 9.83. The summed E-state index contributed by atoms with van der Waals surface area (Å²) in [5, 5.41) is 3.19. The van der Waals surface area contributed by atoms with Crippen molar-refractivity contribution < 1.29 is 4.79 Å². The van der Waals surface area contributed by atoms with E-state index >= 15 is 0 Å². The Balaban J connectivity index is 1.50. The van der Waals surface area contributed by atoms with Crippen molar-refractivity contribution in [1.82, 2.24) is 14.9 Å². The molecule has 5 nitrogen and oxygen atoms in total. The second-order valence-electron chi connectivity index (χ2n) is 5.22. The van der Waals surface area contributed by atoms with E-state index in [1.54, 1.807) is 0 Å². The number of amides is 1. The maximum absolute atomic E-state index is 12.0. The molecule has 1 aliphatic heterocycles. The largest absolute Gasteiger partial charge is 0.355 e. The van der Waals surface area contributed by atoms with Crippen LogP contribution >= 0.6 is 0 Å². The van der Waals surface area contributed by atoms with Gasteiger partial charge in [0.15, 0.2) is 0 Å². The van der Waals surface area contributed by atoms with Crippen LogP contribution in [0.2, 0.25) is 0 Å². The molecule has 20 heavy (non-hydrogen) atoms. The Morgan fingerprint density at radius 2 is 2.05 bits per heavy atom. The normalized spacial score (nSPS) is 15.5. The molecule has 0 radical (unpaired) electrons. The van der Waals surface area contributed by atoms with Crippen molar-refractivity contribution in [3.05, 3.63) is 24.3 Å². The minimum Gasteiger partial charge on any atom is -0.355 e. The molecule has 2 N–H and O–H groups in total. The van der Waals surface area contributed by atoms with E-state index in [1.165, 1.54) is 6.42 Å². The predicted octanol–water partition coefficient (Wildman–Crippen LogP) is 2.38. The average Bonchev–Trinajstić information content (AvgIpc) is 2.90. The molecule has 3 rings (SSSR count). The lowest BCUT2D eigenvalue weighted by atomic mass is 10.1. The smallest absolute Gasteiger partial charge is 0.224 e. The minimum atomic E-state index is 0.244. The molecular formula is C15H20N4O. The number of benzene rings is 1. The molecule has 1 amide bonds. The van der Waals surface area contributed by atoms with Crippen molar-refractivity contribution in [2.24, 2.45) is 0 Å². The third kappa shape index (κ3) is 2.92. The number of aromatic amines is 1. The van der Waals surface area contributed by atoms with Gasteiger partial charge in [0.25, 0.3) is 0 Å². The maximum Gasteiger partial charge on any atom is 0.224 e. The molecule has 1 aromatic heterocycles. The predicted molar refractivity (Wildman–Crippen MR) is 79.6 cm³/mol. The molecule has 0 atom stereocenters. The number of H-pyrrole nitrogens is 1. The zero-order chi connectivity index (χ0) is 13.8. The third-order valence-electron chi connectivity index (χ3n) is 3.73. The zero-order valence-corrected chi connectivity index (χ0v) is 11.6. The molecule has 106 valence electrons. The Bertz CT molecular complexity index is 553. The molecule has 1 fully saturated rings. The number of para-hydroxylation sites is 2. The molecule has 1 aliphatic rings. The lowest BCUT2D eigenvalue weighted by Crippen LogP contribution is -2.36. The van der Waals surface area contributed by atoms with Crippen LogP contribution in [0.1, 0.15) is 25.7 Å². The second-order valence-corrected chi connectivity index (χ2v) is 5.22. The van der Waals surface area contributed by atoms with Gasteiger partial charge in [0.1, 0.15) is 0 Å². The number of carbonyl (C=O) groups is 1. The van der Waals surface area contributed by atoms with Crippen LogP contribution in [0, 0.1) is 0 Å². The SMILES string of the molecule is O=C(CCNc1nc2ccccc2[nH]1)N1CCCCC1. The van der Waals surface area contributed by atoms with Gasteiger partial charge in [-0.25, -0.2) is 4.98 Å². The fraction of sp³-hybridized carbons (Fsp3) is 0.467. The highest BCUT2D eigenvalue weighted by Crippen LogP contribution is 2.13. The molecule has 1 aromatic carbocycles. The number of fused-ring (bicyclic) bond motifs is 1. The van der Waals surface area contributed by atoms with Gasteiger partial charge in [0.05, 0.1) is 11.0 Å². The highest BCUT2D eigenvalue weighted by molar-refractivity contribution is 5.78. The standard InChI is InChI=1S/C15H20N4O/c20-14(19-10-4-1-5-11-19)8-9-16-15-17-12-6-2-3-7-13(12)18-15/h2-3,6-7H,1,4-5,8-11H2,(H2,16,17,18). The zero-order valence-electron chi connectivity index (χ0n) is 11.6. The number of likely N-dealkylation sites (tertiary alicyclic amines) is 1. The first kappa shape index (κ1) is 13.0. The van der Waals surface area contributed by atoms with E-state index in [9.17, 15) is 4.79 Å². The fourth-order valence-corrected chi connectivity index (χ4v) is 2.63. The van der Waals surface area contributed by atoms with Crippen LogP contribution in [0.3, 0.4) is 0 Å². The highest BCUT2D eigenvalue weighted by atomic mass is 16.2. The van der Waals surface area contributed by atoms with E-state index in [1.807, 2.05) is 29.2 Å². The number of anilines is 1. The molecule has 1 saturated heterocycles. The van der Waals surface area contributed by atoms with Crippen LogP contribution in [-0.2, 0) is 4.79 Å². The number of carbonyl (C=O) groups excluding carboxylic acids is 1. The number of piperidine rings is 1. The van der Waals surface area contributed by atoms with Crippen LogP contribution < -0.4 is 5.32 Å². The van der Waals surface area contributed by atoms with E-state index in [0.29, 0.717) is 13.0 Å². The topological polar surface area (TPSA) is 61.0 Å². The summed E-state index contributed by atoms with van der Waals surface area (Å²) >= 11 is 0. The summed E-state index contributed by atoms with van der Waals surface area (Å²) in [4.78, 5) is 21.6. The van der Waals surface area contributed by atoms with Gasteiger partial charge in [-0.2, -0.15) is 0 Å². The van der Waals surface area contributed by atoms with Crippen LogP contribution in [0.4, 0.5) is 5.95 Å². The molecule has 0 spiro atoms. The molecule has 0 aliphatic carbocycles. The first-order valence-corrected chi connectivity index (χ1v) is 7.29. The van der Waals surface area contributed by atoms with Gasteiger partial charge in [-0.05, 0) is 31.4 Å². The number of aromatic nitrogens is 2. The Labute approximate surface area is 118 Å². The summed E-state index contributed by atoms with van der Waals surface area (Å²) in [6.45, 7) is 2.46. The summed E-state index contributed by atoms with van der Waals surface area (Å²) in [6.07, 6.45) is 4.06. The van der Waals surface area contributed by atoms with Gasteiger partial charge in [-0.15, -0.1) is 0 Å². The van der Waals surface area contributed by atoms with Crippen molar-refractivity contribution in [3.8, 4) is 0 Å². The average molecular weight is 272 g/mol. The Kier molecular flexibility index (Phi) is 3.85. The minimum absolute atomic E-state index is 0.244. The second kappa shape index (κ2) is 5.94. The lowest BCUT2D eigenvalue weighted by molar-refractivity contribution is -0.131. The molecule has 0 bridgehead atoms. The monoisotopic (exact) mass is 272 g/mol. The van der Waals surface area contributed by atoms with Crippen LogP contribution in [0.15, 0.2) is 24.3 Å². The van der Waals surface area contributed by atoms with E-state index in [-0.39, 0.29) is 5.91 Å². The summed E-state index contributed by atoms with van der Waals surface area (Å²) in [7, 11) is 0. The molecule has 2 aromatic rings. The maximum atomic E-state index is 12.0. The van der Waals surface area contributed by atoms with Crippen LogP contribution in [0.5, 0.6) is 0 Å². The number of imidazole rings is 1. The number of nitrogens with one attached hydrogen (secondary N) is 2. The fourth-order valence-electron chi connectivity index (χ4n) is 2.63. The van der Waals surface area contributed by atoms with E-state index in [0.717, 1.165) is 42.9 Å². The Hall–Kier alpha value is -2.04. The molecular weight excluding hydrogens is 252 g/mol. The van der Waals surface area contributed by atoms with Crippen molar-refractivity contribution in [2.45, 2.75) is 25.7 Å². The van der Waals surface area contributed by atoms with Crippen LogP contribution in [0.25, 0.3) is 11.0 Å². The quantitative estimate of drug-likeness (QED) is 0.898. The van der Waals surface area contributed by atoms with Gasteiger partial charge in [-0.1, -0.05) is 12.1 Å². The van der Waals surface area contributed by atoms with Crippen molar-refractivity contribution in [2.75, 3.05) is 25.0 Å². The Morgan fingerprint density at radius 1 is 1.25 bits per heavy atom. The Morgan fingerprint density at radius 3 is 2.85 bits per heavy atom. The van der Waals surface area contributed by atoms with E-state index in [4.69, 9.17) is 0 Å². The van der Waals surface area contributed by atoms with Crippen LogP contribution in [-0.4, -0.2) is 40.4 Å². The summed E-state index contributed by atoms with van der Waals surface area (Å²) in [5.74, 6) is 0.978. The molecule has 5 heteroatoms. The third-order valence-corrected chi connectivity index (χ3v) is 3.73. The lowest BCUT2D eigenvalue weighted by Gasteiger charge is -2.26. The number of hydrogen-bond acceptors (Lipinski definition) is 3. The summed E-state index contributed by atoms with van der Waals surface area (Å²) < 4.78 is 0. The van der Waals surface area contributed by atoms with E-state index < -0.39 is 0 Å². The highest BCUT2D eigenvalue weighted by Gasteiger charge is 2.15. The van der Waals surface area contributed by atoms with Crippen molar-refractivity contribution in [1.29, 1.82) is 0 Å². The molecule has 2 heterocycles. The van der Waals surface area contributed by atoms with Gasteiger partial charge < -0.3 is 15.2 Å². The molecule has 0 saturated carbocycles. The van der Waals surface area contributed by atoms with Gasteiger partial charge in [-0.3, -0.25) is 4.79 Å². The van der Waals surface area contributed by atoms with Gasteiger partial charge >= 0.3 is 0 Å². The van der Waals surface area contributed by atoms with E-state index in [2.05, 4.69) is 15.3 Å². The number of rotatable bonds is 4. The van der Waals surface area contributed by atoms with Gasteiger partial charge in [0.2, 0.25) is 11.9 Å².